The second kappa shape index (κ2) is 4.72. The number of benzene rings is 1. The highest BCUT2D eigenvalue weighted by molar-refractivity contribution is 5.69. The van der Waals surface area contributed by atoms with Crippen LogP contribution in [-0.4, -0.2) is 12.3 Å². The van der Waals surface area contributed by atoms with Crippen LogP contribution in [0.15, 0.2) is 41.0 Å². The quantitative estimate of drug-likeness (QED) is 0.845. The summed E-state index contributed by atoms with van der Waals surface area (Å²) in [6, 6.07) is 9.59. The zero-order chi connectivity index (χ0) is 14.4. The third-order valence-electron chi connectivity index (χ3n) is 5.33. The zero-order valence-electron chi connectivity index (χ0n) is 13.0. The lowest BCUT2D eigenvalue weighted by atomic mass is 9.74. The van der Waals surface area contributed by atoms with Crippen molar-refractivity contribution >= 4 is 11.9 Å². The molecule has 0 aromatic heterocycles. The summed E-state index contributed by atoms with van der Waals surface area (Å²) in [5, 5.41) is 3.72. The molecule has 3 aliphatic rings. The number of para-hydroxylation sites is 1. The molecular formula is C19H24N2. The highest BCUT2D eigenvalue weighted by atomic mass is 15.0. The zero-order valence-corrected chi connectivity index (χ0v) is 13.0. The Morgan fingerprint density at radius 3 is 2.67 bits per heavy atom. The molecular weight excluding hydrogens is 256 g/mol. The van der Waals surface area contributed by atoms with E-state index in [1.807, 2.05) is 0 Å². The summed E-state index contributed by atoms with van der Waals surface area (Å²) in [6.45, 7) is 4.71. The summed E-state index contributed by atoms with van der Waals surface area (Å²) >= 11 is 0. The van der Waals surface area contributed by atoms with Crippen LogP contribution in [0, 0.1) is 11.3 Å². The number of nitrogens with one attached hydrogen (secondary N) is 1. The molecule has 2 saturated carbocycles. The maximum absolute atomic E-state index is 4.52. The molecule has 21 heavy (non-hydrogen) atoms. The van der Waals surface area contributed by atoms with Gasteiger partial charge in [0.1, 0.15) is 0 Å². The fourth-order valence-corrected chi connectivity index (χ4v) is 3.51. The van der Waals surface area contributed by atoms with Crippen LogP contribution in [0.3, 0.4) is 0 Å². The number of hydrogen-bond donors (Lipinski definition) is 1. The molecule has 1 N–H and O–H groups in total. The lowest BCUT2D eigenvalue weighted by Gasteiger charge is -2.32. The first-order valence-corrected chi connectivity index (χ1v) is 8.27. The van der Waals surface area contributed by atoms with E-state index in [1.54, 1.807) is 5.57 Å². The predicted molar refractivity (Wildman–Crippen MR) is 88.9 cm³/mol. The van der Waals surface area contributed by atoms with Gasteiger partial charge in [-0.05, 0) is 48.3 Å². The number of rotatable bonds is 4. The average molecular weight is 280 g/mol. The summed E-state index contributed by atoms with van der Waals surface area (Å²) < 4.78 is 0. The second-order valence-corrected chi connectivity index (χ2v) is 7.29. The van der Waals surface area contributed by atoms with E-state index in [-0.39, 0.29) is 0 Å². The maximum atomic E-state index is 4.52. The minimum absolute atomic E-state index is 0.392. The number of nitrogens with zero attached hydrogens (tertiary/aromatic N) is 1. The van der Waals surface area contributed by atoms with Gasteiger partial charge in [0, 0.05) is 36.0 Å². The molecule has 2 fully saturated rings. The molecule has 4 rings (SSSR count). The van der Waals surface area contributed by atoms with Crippen LogP contribution in [0.5, 0.6) is 0 Å². The van der Waals surface area contributed by atoms with Crippen LogP contribution in [0.4, 0.5) is 5.69 Å². The Balaban J connectivity index is 1.73. The van der Waals surface area contributed by atoms with E-state index in [4.69, 9.17) is 0 Å². The van der Waals surface area contributed by atoms with E-state index in [1.165, 1.54) is 36.9 Å². The Bertz CT molecular complexity index is 606. The van der Waals surface area contributed by atoms with E-state index < -0.39 is 0 Å². The van der Waals surface area contributed by atoms with Gasteiger partial charge in [-0.1, -0.05) is 32.0 Å². The van der Waals surface area contributed by atoms with E-state index >= 15 is 0 Å². The normalized spacial score (nSPS) is 29.9. The first-order chi connectivity index (χ1) is 10.2. The summed E-state index contributed by atoms with van der Waals surface area (Å²) in [5.41, 5.74) is 4.73. The van der Waals surface area contributed by atoms with Gasteiger partial charge in [0.2, 0.25) is 0 Å². The molecule has 2 aliphatic carbocycles. The number of anilines is 1. The van der Waals surface area contributed by atoms with Crippen LogP contribution in [-0.2, 0) is 0 Å². The van der Waals surface area contributed by atoms with Crippen molar-refractivity contribution in [2.75, 3.05) is 5.32 Å². The van der Waals surface area contributed by atoms with Gasteiger partial charge in [-0.25, -0.2) is 0 Å². The SMILES string of the molecule is CC1C=NC=C(C2(C)CC2)C1c1ccccc1NC1CC1. The molecule has 1 heterocycles. The van der Waals surface area contributed by atoms with Gasteiger partial charge in [0.25, 0.3) is 0 Å². The Morgan fingerprint density at radius 1 is 1.19 bits per heavy atom. The minimum Gasteiger partial charge on any atom is -0.382 e. The molecule has 0 spiro atoms. The van der Waals surface area contributed by atoms with Crippen LogP contribution in [0.25, 0.3) is 0 Å². The van der Waals surface area contributed by atoms with Crippen molar-refractivity contribution in [3.8, 4) is 0 Å². The number of allylic oxidation sites excluding steroid dienone is 1. The maximum Gasteiger partial charge on any atom is 0.0381 e. The Hall–Kier alpha value is -1.57. The summed E-state index contributed by atoms with van der Waals surface area (Å²) in [6.07, 6.45) is 9.53. The fourth-order valence-electron chi connectivity index (χ4n) is 3.51. The average Bonchev–Trinajstić information content (AvgIpc) is 3.39. The Kier molecular flexibility index (Phi) is 2.95. The molecule has 1 aromatic rings. The second-order valence-electron chi connectivity index (χ2n) is 7.29. The van der Waals surface area contributed by atoms with E-state index in [0.717, 1.165) is 0 Å². The molecule has 1 aliphatic heterocycles. The largest absolute Gasteiger partial charge is 0.382 e. The highest BCUT2D eigenvalue weighted by Crippen LogP contribution is 2.58. The lowest BCUT2D eigenvalue weighted by molar-refractivity contribution is 0.538. The molecule has 0 bridgehead atoms. The summed E-state index contributed by atoms with van der Waals surface area (Å²) in [4.78, 5) is 4.52. The minimum atomic E-state index is 0.392. The molecule has 110 valence electrons. The fraction of sp³-hybridized carbons (Fsp3) is 0.526. The highest BCUT2D eigenvalue weighted by Gasteiger charge is 2.46. The van der Waals surface area contributed by atoms with Crippen LogP contribution >= 0.6 is 0 Å². The van der Waals surface area contributed by atoms with Crippen molar-refractivity contribution in [3.63, 3.8) is 0 Å². The van der Waals surface area contributed by atoms with Gasteiger partial charge < -0.3 is 5.32 Å². The molecule has 2 nitrogen and oxygen atoms in total. The molecule has 0 amide bonds. The van der Waals surface area contributed by atoms with E-state index in [9.17, 15) is 0 Å². The van der Waals surface area contributed by atoms with Crippen molar-refractivity contribution in [1.29, 1.82) is 0 Å². The van der Waals surface area contributed by atoms with Crippen molar-refractivity contribution < 1.29 is 0 Å². The van der Waals surface area contributed by atoms with Crippen molar-refractivity contribution in [2.45, 2.75) is 51.5 Å². The first kappa shape index (κ1) is 13.1. The molecule has 2 atom stereocenters. The predicted octanol–water partition coefficient (Wildman–Crippen LogP) is 4.75. The van der Waals surface area contributed by atoms with Crippen molar-refractivity contribution in [1.82, 2.24) is 0 Å². The number of hydrogen-bond acceptors (Lipinski definition) is 2. The third kappa shape index (κ3) is 2.41. The standard InChI is InChI=1S/C19H24N2/c1-13-11-20-12-16(19(2)9-10-19)18(13)15-5-3-4-6-17(15)21-14-7-8-14/h3-6,11-14,18,21H,7-10H2,1-2H3. The van der Waals surface area contributed by atoms with E-state index in [2.05, 4.69) is 60.8 Å². The van der Waals surface area contributed by atoms with Gasteiger partial charge in [-0.3, -0.25) is 4.99 Å². The lowest BCUT2D eigenvalue weighted by Crippen LogP contribution is -2.22. The van der Waals surface area contributed by atoms with Crippen LogP contribution in [0.1, 0.15) is 51.0 Å². The smallest absolute Gasteiger partial charge is 0.0381 e. The molecule has 1 aromatic carbocycles. The van der Waals surface area contributed by atoms with Crippen molar-refractivity contribution in [3.05, 3.63) is 41.6 Å². The van der Waals surface area contributed by atoms with Crippen LogP contribution < -0.4 is 5.32 Å². The van der Waals surface area contributed by atoms with Gasteiger partial charge in [-0.2, -0.15) is 0 Å². The monoisotopic (exact) mass is 280 g/mol. The molecule has 0 saturated heterocycles. The Morgan fingerprint density at radius 2 is 1.95 bits per heavy atom. The summed E-state index contributed by atoms with van der Waals surface area (Å²) in [5.74, 6) is 0.960. The topological polar surface area (TPSA) is 24.4 Å². The molecule has 0 radical (unpaired) electrons. The first-order valence-electron chi connectivity index (χ1n) is 8.27. The van der Waals surface area contributed by atoms with E-state index in [0.29, 0.717) is 23.3 Å². The van der Waals surface area contributed by atoms with Gasteiger partial charge in [-0.15, -0.1) is 0 Å². The number of aliphatic imine (C=N–C) groups is 1. The van der Waals surface area contributed by atoms with Crippen LogP contribution in [0.2, 0.25) is 0 Å². The third-order valence-corrected chi connectivity index (χ3v) is 5.33. The summed E-state index contributed by atoms with van der Waals surface area (Å²) in [7, 11) is 0. The molecule has 2 unspecified atom stereocenters. The van der Waals surface area contributed by atoms with Gasteiger partial charge in [0.05, 0.1) is 0 Å². The Labute approximate surface area is 127 Å². The van der Waals surface area contributed by atoms with Gasteiger partial charge >= 0.3 is 0 Å². The van der Waals surface area contributed by atoms with Crippen molar-refractivity contribution in [2.24, 2.45) is 16.3 Å². The molecule has 2 heteroatoms. The van der Waals surface area contributed by atoms with Gasteiger partial charge in [0.15, 0.2) is 0 Å².